The molecule has 0 atom stereocenters. The predicted molar refractivity (Wildman–Crippen MR) is 87.6 cm³/mol. The summed E-state index contributed by atoms with van der Waals surface area (Å²) in [6, 6.07) is 5.83. The van der Waals surface area contributed by atoms with Crippen LogP contribution in [0, 0.1) is 13.8 Å². The van der Waals surface area contributed by atoms with E-state index in [4.69, 9.17) is 4.42 Å². The molecule has 2 N–H and O–H groups in total. The molecule has 0 amide bonds. The van der Waals surface area contributed by atoms with Gasteiger partial charge in [0.25, 0.3) is 0 Å². The summed E-state index contributed by atoms with van der Waals surface area (Å²) in [5.74, 6) is 0. The monoisotopic (exact) mass is 302 g/mol. The summed E-state index contributed by atoms with van der Waals surface area (Å²) >= 11 is 0. The van der Waals surface area contributed by atoms with Crippen molar-refractivity contribution in [3.63, 3.8) is 0 Å². The molecule has 1 saturated heterocycles. The van der Waals surface area contributed by atoms with Crippen LogP contribution in [0.15, 0.2) is 27.4 Å². The summed E-state index contributed by atoms with van der Waals surface area (Å²) in [7, 11) is 0. The average Bonchev–Trinajstić information content (AvgIpc) is 2.46. The summed E-state index contributed by atoms with van der Waals surface area (Å²) in [5, 5.41) is 1.13. The first kappa shape index (κ1) is 15.3. The highest BCUT2D eigenvalue weighted by Crippen LogP contribution is 2.22. The van der Waals surface area contributed by atoms with Crippen LogP contribution in [0.2, 0.25) is 0 Å². The number of quaternary nitrogens is 2. The Morgan fingerprint density at radius 1 is 1.05 bits per heavy atom. The van der Waals surface area contributed by atoms with E-state index in [1.54, 1.807) is 15.9 Å². The highest BCUT2D eigenvalue weighted by atomic mass is 16.4. The minimum atomic E-state index is -0.232. The average molecular weight is 302 g/mol. The fourth-order valence-corrected chi connectivity index (χ4v) is 3.67. The number of likely N-dealkylation sites (N-methyl/N-ethyl adjacent to an activating group) is 1. The molecular formula is C18H26N2O2+2. The van der Waals surface area contributed by atoms with E-state index in [0.717, 1.165) is 28.6 Å². The number of hydrogen-bond acceptors (Lipinski definition) is 2. The standard InChI is InChI=1S/C18H24N2O2/c1-4-19-5-7-20(8-6-19)12-15-11-17(21)22-16-10-13(2)9-14(3)18(15)16/h9-11H,4-8,12H2,1-3H3/p+2. The number of aryl methyl sites for hydroxylation is 2. The molecule has 0 unspecified atom stereocenters. The van der Waals surface area contributed by atoms with Crippen molar-refractivity contribution < 1.29 is 14.2 Å². The van der Waals surface area contributed by atoms with E-state index in [9.17, 15) is 4.79 Å². The zero-order valence-corrected chi connectivity index (χ0v) is 13.8. The Morgan fingerprint density at radius 2 is 1.73 bits per heavy atom. The van der Waals surface area contributed by atoms with Crippen LogP contribution in [0.4, 0.5) is 0 Å². The van der Waals surface area contributed by atoms with E-state index in [0.29, 0.717) is 0 Å². The lowest BCUT2D eigenvalue weighted by Gasteiger charge is -2.29. The molecule has 2 heterocycles. The first-order valence-corrected chi connectivity index (χ1v) is 8.28. The fourth-order valence-electron chi connectivity index (χ4n) is 3.67. The molecule has 0 bridgehead atoms. The lowest BCUT2D eigenvalue weighted by molar-refractivity contribution is -1.02. The van der Waals surface area contributed by atoms with Crippen LogP contribution in [0.3, 0.4) is 0 Å². The van der Waals surface area contributed by atoms with Gasteiger partial charge >= 0.3 is 5.63 Å². The van der Waals surface area contributed by atoms with Gasteiger partial charge in [0.1, 0.15) is 38.3 Å². The van der Waals surface area contributed by atoms with Gasteiger partial charge in [0, 0.05) is 17.0 Å². The van der Waals surface area contributed by atoms with Crippen LogP contribution in [0.25, 0.3) is 11.0 Å². The van der Waals surface area contributed by atoms with Gasteiger partial charge < -0.3 is 14.2 Å². The summed E-state index contributed by atoms with van der Waals surface area (Å²) in [4.78, 5) is 15.1. The Morgan fingerprint density at radius 3 is 2.41 bits per heavy atom. The van der Waals surface area contributed by atoms with Gasteiger partial charge in [-0.05, 0) is 38.0 Å². The van der Waals surface area contributed by atoms with Gasteiger partial charge in [0.2, 0.25) is 0 Å². The molecule has 1 fully saturated rings. The molecule has 0 aliphatic carbocycles. The summed E-state index contributed by atoms with van der Waals surface area (Å²) in [6.45, 7) is 13.3. The van der Waals surface area contributed by atoms with Crippen molar-refractivity contribution in [2.75, 3.05) is 32.7 Å². The molecule has 4 heteroatoms. The Balaban J connectivity index is 1.92. The van der Waals surface area contributed by atoms with Crippen LogP contribution < -0.4 is 15.4 Å². The molecule has 0 saturated carbocycles. The highest BCUT2D eigenvalue weighted by Gasteiger charge is 2.23. The molecule has 4 nitrogen and oxygen atoms in total. The van der Waals surface area contributed by atoms with Crippen LogP contribution in [-0.4, -0.2) is 32.7 Å². The maximum absolute atomic E-state index is 11.9. The molecular weight excluding hydrogens is 276 g/mol. The van der Waals surface area contributed by atoms with E-state index < -0.39 is 0 Å². The van der Waals surface area contributed by atoms with Gasteiger partial charge in [-0.3, -0.25) is 0 Å². The lowest BCUT2D eigenvalue weighted by Crippen LogP contribution is -3.27. The molecule has 1 aromatic heterocycles. The van der Waals surface area contributed by atoms with Crippen molar-refractivity contribution in [1.82, 2.24) is 0 Å². The number of hydrogen-bond donors (Lipinski definition) is 2. The van der Waals surface area contributed by atoms with Gasteiger partial charge in [-0.15, -0.1) is 0 Å². The Hall–Kier alpha value is -1.65. The molecule has 1 aliphatic rings. The van der Waals surface area contributed by atoms with E-state index in [2.05, 4.69) is 19.9 Å². The predicted octanol–water partition coefficient (Wildman–Crippen LogP) is -0.287. The Kier molecular flexibility index (Phi) is 4.32. The zero-order chi connectivity index (χ0) is 15.7. The van der Waals surface area contributed by atoms with Gasteiger partial charge in [-0.1, -0.05) is 6.07 Å². The highest BCUT2D eigenvalue weighted by molar-refractivity contribution is 5.84. The van der Waals surface area contributed by atoms with Crippen LogP contribution in [0.1, 0.15) is 23.6 Å². The van der Waals surface area contributed by atoms with Crippen molar-refractivity contribution >= 4 is 11.0 Å². The second-order valence-corrected chi connectivity index (χ2v) is 6.58. The Labute approximate surface area is 131 Å². The van der Waals surface area contributed by atoms with E-state index in [-0.39, 0.29) is 5.63 Å². The minimum Gasteiger partial charge on any atom is -0.423 e. The summed E-state index contributed by atoms with van der Waals surface area (Å²) < 4.78 is 5.42. The number of piperazine rings is 1. The molecule has 1 aliphatic heterocycles. The first-order chi connectivity index (χ1) is 10.6. The number of fused-ring (bicyclic) bond motifs is 1. The topological polar surface area (TPSA) is 39.1 Å². The molecule has 0 spiro atoms. The van der Waals surface area contributed by atoms with Crippen LogP contribution in [0.5, 0.6) is 0 Å². The Bertz CT molecular complexity index is 728. The third kappa shape index (κ3) is 3.08. The normalized spacial score (nSPS) is 22.1. The number of benzene rings is 1. The lowest BCUT2D eigenvalue weighted by atomic mass is 10.0. The number of nitrogens with one attached hydrogen (secondary N) is 2. The zero-order valence-electron chi connectivity index (χ0n) is 13.8. The molecule has 118 valence electrons. The fraction of sp³-hybridized carbons (Fsp3) is 0.500. The third-order valence-corrected chi connectivity index (χ3v) is 4.87. The van der Waals surface area contributed by atoms with Crippen molar-refractivity contribution in [1.29, 1.82) is 0 Å². The molecule has 0 radical (unpaired) electrons. The van der Waals surface area contributed by atoms with Crippen molar-refractivity contribution in [3.05, 3.63) is 45.3 Å². The van der Waals surface area contributed by atoms with E-state index in [1.807, 2.05) is 13.0 Å². The molecule has 2 aromatic rings. The smallest absolute Gasteiger partial charge is 0.336 e. The van der Waals surface area contributed by atoms with E-state index >= 15 is 0 Å². The maximum Gasteiger partial charge on any atom is 0.336 e. The molecule has 22 heavy (non-hydrogen) atoms. The summed E-state index contributed by atoms with van der Waals surface area (Å²) in [6.07, 6.45) is 0. The van der Waals surface area contributed by atoms with Crippen molar-refractivity contribution in [2.24, 2.45) is 0 Å². The quantitative estimate of drug-likeness (QED) is 0.765. The summed E-state index contributed by atoms with van der Waals surface area (Å²) in [5.41, 5.74) is 3.98. The van der Waals surface area contributed by atoms with E-state index in [1.165, 1.54) is 38.3 Å². The molecule has 1 aromatic carbocycles. The van der Waals surface area contributed by atoms with Gasteiger partial charge in [-0.25, -0.2) is 4.79 Å². The van der Waals surface area contributed by atoms with Crippen LogP contribution >= 0.6 is 0 Å². The second-order valence-electron chi connectivity index (χ2n) is 6.58. The number of rotatable bonds is 3. The van der Waals surface area contributed by atoms with Crippen LogP contribution in [-0.2, 0) is 6.54 Å². The molecule has 3 rings (SSSR count). The minimum absolute atomic E-state index is 0.232. The van der Waals surface area contributed by atoms with Crippen molar-refractivity contribution in [3.8, 4) is 0 Å². The largest absolute Gasteiger partial charge is 0.423 e. The first-order valence-electron chi connectivity index (χ1n) is 8.28. The van der Waals surface area contributed by atoms with Crippen molar-refractivity contribution in [2.45, 2.75) is 27.3 Å². The second kappa shape index (κ2) is 6.23. The van der Waals surface area contributed by atoms with Gasteiger partial charge in [-0.2, -0.15) is 0 Å². The SMILES string of the molecule is CC[NH+]1CC[NH+](Cc2cc(=O)oc3cc(C)cc(C)c23)CC1. The van der Waals surface area contributed by atoms with Gasteiger partial charge in [0.05, 0.1) is 6.54 Å². The maximum atomic E-state index is 11.9. The third-order valence-electron chi connectivity index (χ3n) is 4.87. The van der Waals surface area contributed by atoms with Gasteiger partial charge in [0.15, 0.2) is 0 Å².